The maximum Gasteiger partial charge on any atom is 0.240 e. The Morgan fingerprint density at radius 3 is 2.40 bits per heavy atom. The van der Waals surface area contributed by atoms with Crippen LogP contribution in [0.1, 0.15) is 25.8 Å². The van der Waals surface area contributed by atoms with E-state index in [2.05, 4.69) is 5.32 Å². The summed E-state index contributed by atoms with van der Waals surface area (Å²) in [7, 11) is 0. The molecule has 0 saturated heterocycles. The molecule has 1 aromatic carbocycles. The summed E-state index contributed by atoms with van der Waals surface area (Å²) in [6.07, 6.45) is 0.290. The highest BCUT2D eigenvalue weighted by atomic mass is 19.2. The summed E-state index contributed by atoms with van der Waals surface area (Å²) in [6, 6.07) is 2.47. The van der Waals surface area contributed by atoms with Crippen LogP contribution in [0.15, 0.2) is 18.2 Å². The van der Waals surface area contributed by atoms with Gasteiger partial charge >= 0.3 is 0 Å². The molecule has 1 aromatic rings. The van der Waals surface area contributed by atoms with Gasteiger partial charge in [-0.2, -0.15) is 0 Å². The van der Waals surface area contributed by atoms with E-state index >= 15 is 0 Å². The molecule has 0 aromatic heterocycles. The molecule has 4 nitrogen and oxygen atoms in total. The Hall–Kier alpha value is -1.98. The van der Waals surface area contributed by atoms with Crippen LogP contribution in [0.25, 0.3) is 0 Å². The first-order chi connectivity index (χ1) is 9.29. The zero-order valence-electron chi connectivity index (χ0n) is 11.5. The lowest BCUT2D eigenvalue weighted by atomic mass is 10.0. The van der Waals surface area contributed by atoms with Crippen LogP contribution < -0.4 is 11.1 Å². The first-order valence-electron chi connectivity index (χ1n) is 6.32. The lowest BCUT2D eigenvalue weighted by molar-refractivity contribution is -0.127. The van der Waals surface area contributed by atoms with E-state index in [0.29, 0.717) is 12.0 Å². The van der Waals surface area contributed by atoms with Crippen LogP contribution in [0, 0.1) is 17.6 Å². The van der Waals surface area contributed by atoms with Crippen LogP contribution in [0.3, 0.4) is 0 Å². The molecule has 1 atom stereocenters. The fourth-order valence-electron chi connectivity index (χ4n) is 1.80. The van der Waals surface area contributed by atoms with Crippen molar-refractivity contribution in [2.45, 2.75) is 32.7 Å². The number of primary amides is 1. The van der Waals surface area contributed by atoms with Gasteiger partial charge in [-0.05, 0) is 30.0 Å². The number of carbonyl (C=O) groups excluding carboxylic acids is 2. The molecule has 0 unspecified atom stereocenters. The number of carbonyl (C=O) groups is 2. The lowest BCUT2D eigenvalue weighted by Gasteiger charge is -2.17. The summed E-state index contributed by atoms with van der Waals surface area (Å²) in [6.45, 7) is 3.80. The largest absolute Gasteiger partial charge is 0.368 e. The molecule has 3 N–H and O–H groups in total. The fourth-order valence-corrected chi connectivity index (χ4v) is 1.80. The molecule has 0 spiro atoms. The third kappa shape index (κ3) is 4.95. The molecule has 6 heteroatoms. The maximum atomic E-state index is 13.0. The lowest BCUT2D eigenvalue weighted by Crippen LogP contribution is -2.45. The third-order valence-corrected chi connectivity index (χ3v) is 2.73. The highest BCUT2D eigenvalue weighted by Gasteiger charge is 2.19. The van der Waals surface area contributed by atoms with Gasteiger partial charge < -0.3 is 11.1 Å². The highest BCUT2D eigenvalue weighted by Crippen LogP contribution is 2.10. The molecule has 110 valence electrons. The molecule has 0 aliphatic heterocycles. The molecule has 20 heavy (non-hydrogen) atoms. The van der Waals surface area contributed by atoms with Crippen molar-refractivity contribution in [2.24, 2.45) is 11.7 Å². The SMILES string of the molecule is CC(C)C[C@H](NC(=O)Cc1ccc(F)c(F)c1)C(N)=O. The minimum absolute atomic E-state index is 0.140. The van der Waals surface area contributed by atoms with Crippen molar-refractivity contribution in [3.05, 3.63) is 35.4 Å². The van der Waals surface area contributed by atoms with Crippen molar-refractivity contribution < 1.29 is 18.4 Å². The molecule has 0 fully saturated rings. The Balaban J connectivity index is 2.65. The van der Waals surface area contributed by atoms with E-state index in [1.807, 2.05) is 13.8 Å². The number of halogens is 2. The number of hydrogen-bond donors (Lipinski definition) is 2. The highest BCUT2D eigenvalue weighted by molar-refractivity contribution is 5.87. The van der Waals surface area contributed by atoms with Crippen LogP contribution in [0.4, 0.5) is 8.78 Å². The Morgan fingerprint density at radius 2 is 1.90 bits per heavy atom. The van der Waals surface area contributed by atoms with Gasteiger partial charge in [-0.3, -0.25) is 9.59 Å². The van der Waals surface area contributed by atoms with Gasteiger partial charge in [0.25, 0.3) is 0 Å². The second kappa shape index (κ2) is 6.98. The van der Waals surface area contributed by atoms with Gasteiger partial charge in [0.05, 0.1) is 6.42 Å². The fraction of sp³-hybridized carbons (Fsp3) is 0.429. The van der Waals surface area contributed by atoms with Gasteiger partial charge in [0, 0.05) is 0 Å². The van der Waals surface area contributed by atoms with Gasteiger partial charge in [0.2, 0.25) is 11.8 Å². The van der Waals surface area contributed by atoms with Gasteiger partial charge in [0.1, 0.15) is 6.04 Å². The summed E-state index contributed by atoms with van der Waals surface area (Å²) in [4.78, 5) is 23.0. The van der Waals surface area contributed by atoms with E-state index in [1.165, 1.54) is 6.07 Å². The molecular formula is C14H18F2N2O2. The minimum Gasteiger partial charge on any atom is -0.368 e. The van der Waals surface area contributed by atoms with E-state index in [1.54, 1.807) is 0 Å². The number of rotatable bonds is 6. The average Bonchev–Trinajstić information content (AvgIpc) is 2.32. The van der Waals surface area contributed by atoms with E-state index in [-0.39, 0.29) is 12.3 Å². The second-order valence-electron chi connectivity index (χ2n) is 5.08. The number of amides is 2. The summed E-state index contributed by atoms with van der Waals surface area (Å²) in [5.41, 5.74) is 5.54. The van der Waals surface area contributed by atoms with Crippen molar-refractivity contribution in [3.8, 4) is 0 Å². The quantitative estimate of drug-likeness (QED) is 0.831. The van der Waals surface area contributed by atoms with E-state index < -0.39 is 29.5 Å². The Morgan fingerprint density at radius 1 is 1.25 bits per heavy atom. The van der Waals surface area contributed by atoms with Crippen LogP contribution in [0.5, 0.6) is 0 Å². The van der Waals surface area contributed by atoms with Crippen LogP contribution >= 0.6 is 0 Å². The first-order valence-corrected chi connectivity index (χ1v) is 6.32. The zero-order chi connectivity index (χ0) is 15.3. The van der Waals surface area contributed by atoms with E-state index in [9.17, 15) is 18.4 Å². The smallest absolute Gasteiger partial charge is 0.240 e. The van der Waals surface area contributed by atoms with Crippen LogP contribution in [-0.2, 0) is 16.0 Å². The molecule has 0 aliphatic rings. The standard InChI is InChI=1S/C14H18F2N2O2/c1-8(2)5-12(14(17)20)18-13(19)7-9-3-4-10(15)11(16)6-9/h3-4,6,8,12H,5,7H2,1-2H3,(H2,17,20)(H,18,19)/t12-/m0/s1. The van der Waals surface area contributed by atoms with Crippen molar-refractivity contribution in [2.75, 3.05) is 0 Å². The van der Waals surface area contributed by atoms with Crippen molar-refractivity contribution in [1.82, 2.24) is 5.32 Å². The molecule has 2 amide bonds. The molecule has 1 rings (SSSR count). The third-order valence-electron chi connectivity index (χ3n) is 2.73. The van der Waals surface area contributed by atoms with Crippen molar-refractivity contribution >= 4 is 11.8 Å². The van der Waals surface area contributed by atoms with Crippen LogP contribution in [-0.4, -0.2) is 17.9 Å². The monoisotopic (exact) mass is 284 g/mol. The Kier molecular flexibility index (Phi) is 5.61. The maximum absolute atomic E-state index is 13.0. The first kappa shape index (κ1) is 16.1. The number of nitrogens with two attached hydrogens (primary N) is 1. The predicted octanol–water partition coefficient (Wildman–Crippen LogP) is 1.52. The van der Waals surface area contributed by atoms with Gasteiger partial charge in [-0.15, -0.1) is 0 Å². The second-order valence-corrected chi connectivity index (χ2v) is 5.08. The van der Waals surface area contributed by atoms with Crippen molar-refractivity contribution in [3.63, 3.8) is 0 Å². The summed E-state index contributed by atoms with van der Waals surface area (Å²) in [5, 5.41) is 2.50. The van der Waals surface area contributed by atoms with Gasteiger partial charge in [-0.25, -0.2) is 8.78 Å². The van der Waals surface area contributed by atoms with E-state index in [4.69, 9.17) is 5.73 Å². The Labute approximate surface area is 116 Å². The number of benzene rings is 1. The molecule has 0 heterocycles. The molecule has 0 aliphatic carbocycles. The van der Waals surface area contributed by atoms with Crippen LogP contribution in [0.2, 0.25) is 0 Å². The van der Waals surface area contributed by atoms with Gasteiger partial charge in [-0.1, -0.05) is 19.9 Å². The number of nitrogens with one attached hydrogen (secondary N) is 1. The Bertz CT molecular complexity index is 504. The van der Waals surface area contributed by atoms with Gasteiger partial charge in [0.15, 0.2) is 11.6 Å². The predicted molar refractivity (Wildman–Crippen MR) is 70.6 cm³/mol. The normalized spacial score (nSPS) is 12.2. The summed E-state index contributed by atoms with van der Waals surface area (Å²) < 4.78 is 25.8. The van der Waals surface area contributed by atoms with E-state index in [0.717, 1.165) is 12.1 Å². The summed E-state index contributed by atoms with van der Waals surface area (Å²) >= 11 is 0. The summed E-state index contributed by atoms with van der Waals surface area (Å²) in [5.74, 6) is -2.86. The average molecular weight is 284 g/mol. The molecule has 0 saturated carbocycles. The molecular weight excluding hydrogens is 266 g/mol. The van der Waals surface area contributed by atoms with Crippen molar-refractivity contribution in [1.29, 1.82) is 0 Å². The molecule has 0 radical (unpaired) electrons. The minimum atomic E-state index is -1.01. The number of hydrogen-bond acceptors (Lipinski definition) is 2. The zero-order valence-corrected chi connectivity index (χ0v) is 11.5. The molecule has 0 bridgehead atoms. The topological polar surface area (TPSA) is 72.2 Å².